The number of tetrazole rings is 1. The zero-order valence-corrected chi connectivity index (χ0v) is 12.1. The Hall–Kier alpha value is -2.33. The van der Waals surface area contributed by atoms with E-state index in [1.807, 2.05) is 30.3 Å². The third kappa shape index (κ3) is 3.23. The van der Waals surface area contributed by atoms with Crippen LogP contribution in [-0.2, 0) is 6.54 Å². The van der Waals surface area contributed by atoms with Crippen molar-refractivity contribution in [1.29, 1.82) is 0 Å². The molecule has 0 aliphatic carbocycles. The maximum absolute atomic E-state index is 10.6. The highest BCUT2D eigenvalue weighted by molar-refractivity contribution is 8.00. The molecule has 0 fully saturated rings. The quantitative estimate of drug-likeness (QED) is 0.525. The Morgan fingerprint density at radius 2 is 2.14 bits per heavy atom. The predicted molar refractivity (Wildman–Crippen MR) is 76.3 cm³/mol. The molecule has 0 atom stereocenters. The van der Waals surface area contributed by atoms with E-state index in [0.29, 0.717) is 16.0 Å². The molecule has 0 bridgehead atoms. The lowest BCUT2D eigenvalue weighted by atomic mass is 10.2. The standard InChI is InChI=1S/C11H8N6O2S2/c18-17(19)9-6-12-11(20-9)21-10-13-14-15-16(10)7-8-4-2-1-3-5-8/h1-6H,7H2. The molecule has 3 aromatic rings. The van der Waals surface area contributed by atoms with Crippen LogP contribution in [0.1, 0.15) is 5.56 Å². The Morgan fingerprint density at radius 3 is 2.86 bits per heavy atom. The summed E-state index contributed by atoms with van der Waals surface area (Å²) in [7, 11) is 0. The minimum absolute atomic E-state index is 0.000385. The SMILES string of the molecule is O=[N+]([O-])c1cnc(Sc2nnnn2Cc2ccccc2)s1. The molecule has 0 amide bonds. The van der Waals surface area contributed by atoms with E-state index in [0.717, 1.165) is 16.9 Å². The van der Waals surface area contributed by atoms with Crippen LogP contribution in [0.3, 0.4) is 0 Å². The Kier molecular flexibility index (Phi) is 3.88. The molecule has 0 unspecified atom stereocenters. The van der Waals surface area contributed by atoms with Gasteiger partial charge in [-0.3, -0.25) is 10.1 Å². The molecule has 0 radical (unpaired) electrons. The van der Waals surface area contributed by atoms with E-state index in [-0.39, 0.29) is 5.00 Å². The summed E-state index contributed by atoms with van der Waals surface area (Å²) in [6.07, 6.45) is 1.23. The Bertz CT molecular complexity index is 757. The van der Waals surface area contributed by atoms with Gasteiger partial charge in [-0.25, -0.2) is 9.67 Å². The Morgan fingerprint density at radius 1 is 1.33 bits per heavy atom. The molecule has 8 nitrogen and oxygen atoms in total. The summed E-state index contributed by atoms with van der Waals surface area (Å²) in [4.78, 5) is 14.2. The third-order valence-electron chi connectivity index (χ3n) is 2.51. The number of aromatic nitrogens is 5. The fraction of sp³-hybridized carbons (Fsp3) is 0.0909. The van der Waals surface area contributed by atoms with Crippen LogP contribution in [0.25, 0.3) is 0 Å². The van der Waals surface area contributed by atoms with E-state index in [1.165, 1.54) is 18.0 Å². The molecule has 0 saturated heterocycles. The van der Waals surface area contributed by atoms with Crippen LogP contribution in [0.5, 0.6) is 0 Å². The molecule has 0 aliphatic heterocycles. The molecule has 21 heavy (non-hydrogen) atoms. The van der Waals surface area contributed by atoms with E-state index in [9.17, 15) is 10.1 Å². The summed E-state index contributed by atoms with van der Waals surface area (Å²) >= 11 is 2.21. The fourth-order valence-corrected chi connectivity index (χ4v) is 3.24. The largest absolute Gasteiger partial charge is 0.344 e. The number of nitrogens with zero attached hydrogens (tertiary/aromatic N) is 6. The second-order valence-electron chi connectivity index (χ2n) is 3.93. The molecular formula is C11H8N6O2S2. The van der Waals surface area contributed by atoms with Crippen LogP contribution in [0, 0.1) is 10.1 Å². The van der Waals surface area contributed by atoms with E-state index in [2.05, 4.69) is 20.5 Å². The first-order valence-electron chi connectivity index (χ1n) is 5.80. The van der Waals surface area contributed by atoms with Gasteiger partial charge >= 0.3 is 5.00 Å². The van der Waals surface area contributed by atoms with Crippen LogP contribution in [0.4, 0.5) is 5.00 Å². The predicted octanol–water partition coefficient (Wildman–Crippen LogP) is 2.24. The van der Waals surface area contributed by atoms with Crippen molar-refractivity contribution in [2.24, 2.45) is 0 Å². The van der Waals surface area contributed by atoms with Gasteiger partial charge in [0.25, 0.3) is 0 Å². The molecule has 1 aromatic carbocycles. The Balaban J connectivity index is 1.77. The van der Waals surface area contributed by atoms with Gasteiger partial charge in [-0.2, -0.15) is 0 Å². The van der Waals surface area contributed by atoms with Crippen LogP contribution in [0.2, 0.25) is 0 Å². The molecule has 0 saturated carbocycles. The first-order valence-corrected chi connectivity index (χ1v) is 7.44. The fourth-order valence-electron chi connectivity index (χ4n) is 1.58. The topological polar surface area (TPSA) is 99.6 Å². The summed E-state index contributed by atoms with van der Waals surface area (Å²) in [5.74, 6) is 0. The number of benzene rings is 1. The van der Waals surface area contributed by atoms with E-state index < -0.39 is 4.92 Å². The van der Waals surface area contributed by atoms with Gasteiger partial charge < -0.3 is 0 Å². The second kappa shape index (κ2) is 5.97. The molecule has 0 aliphatic rings. The highest BCUT2D eigenvalue weighted by Crippen LogP contribution is 2.32. The van der Waals surface area contributed by atoms with E-state index in [1.54, 1.807) is 4.68 Å². The number of thiazole rings is 1. The molecule has 0 N–H and O–H groups in total. The van der Waals surface area contributed by atoms with Crippen molar-refractivity contribution in [3.8, 4) is 0 Å². The summed E-state index contributed by atoms with van der Waals surface area (Å²) < 4.78 is 2.17. The summed E-state index contributed by atoms with van der Waals surface area (Å²) in [6, 6.07) is 9.77. The van der Waals surface area contributed by atoms with E-state index >= 15 is 0 Å². The van der Waals surface area contributed by atoms with Crippen molar-refractivity contribution in [3.63, 3.8) is 0 Å². The van der Waals surface area contributed by atoms with Gasteiger partial charge in [-0.1, -0.05) is 30.3 Å². The number of hydrogen-bond acceptors (Lipinski definition) is 8. The highest BCUT2D eigenvalue weighted by atomic mass is 32.2. The summed E-state index contributed by atoms with van der Waals surface area (Å²) in [5, 5.41) is 22.7. The second-order valence-corrected chi connectivity index (χ2v) is 6.15. The molecule has 106 valence electrons. The molecule has 10 heteroatoms. The normalized spacial score (nSPS) is 10.7. The lowest BCUT2D eigenvalue weighted by Crippen LogP contribution is -2.03. The monoisotopic (exact) mass is 320 g/mol. The molecule has 0 spiro atoms. The van der Waals surface area contributed by atoms with Crippen molar-refractivity contribution >= 4 is 28.1 Å². The lowest BCUT2D eigenvalue weighted by Gasteiger charge is -2.02. The lowest BCUT2D eigenvalue weighted by molar-refractivity contribution is -0.380. The van der Waals surface area contributed by atoms with Gasteiger partial charge in [0.1, 0.15) is 6.20 Å². The van der Waals surface area contributed by atoms with Gasteiger partial charge in [0, 0.05) is 0 Å². The van der Waals surface area contributed by atoms with Crippen molar-refractivity contribution in [1.82, 2.24) is 25.2 Å². The minimum Gasteiger partial charge on any atom is -0.257 e. The molecule has 2 heterocycles. The number of rotatable bonds is 5. The summed E-state index contributed by atoms with van der Waals surface area (Å²) in [6.45, 7) is 0.531. The molecule has 2 aromatic heterocycles. The van der Waals surface area contributed by atoms with Crippen LogP contribution >= 0.6 is 23.1 Å². The average Bonchev–Trinajstić information content (AvgIpc) is 3.11. The van der Waals surface area contributed by atoms with Crippen LogP contribution in [-0.4, -0.2) is 30.1 Å². The highest BCUT2D eigenvalue weighted by Gasteiger charge is 2.15. The van der Waals surface area contributed by atoms with E-state index in [4.69, 9.17) is 0 Å². The summed E-state index contributed by atoms with van der Waals surface area (Å²) in [5.41, 5.74) is 1.07. The first-order chi connectivity index (χ1) is 10.2. The van der Waals surface area contributed by atoms with Crippen molar-refractivity contribution in [2.45, 2.75) is 16.0 Å². The van der Waals surface area contributed by atoms with Gasteiger partial charge in [-0.05, 0) is 39.1 Å². The zero-order valence-electron chi connectivity index (χ0n) is 10.5. The van der Waals surface area contributed by atoms with Crippen molar-refractivity contribution in [2.75, 3.05) is 0 Å². The molecular weight excluding hydrogens is 312 g/mol. The molecule has 3 rings (SSSR count). The van der Waals surface area contributed by atoms with Crippen molar-refractivity contribution in [3.05, 3.63) is 52.2 Å². The maximum atomic E-state index is 10.6. The van der Waals surface area contributed by atoms with Gasteiger partial charge in [0.15, 0.2) is 4.34 Å². The van der Waals surface area contributed by atoms with Crippen LogP contribution in [0.15, 0.2) is 46.0 Å². The Labute approximate surface area is 127 Å². The zero-order chi connectivity index (χ0) is 14.7. The number of hydrogen-bond donors (Lipinski definition) is 0. The minimum atomic E-state index is -0.464. The van der Waals surface area contributed by atoms with Gasteiger partial charge in [0.2, 0.25) is 5.16 Å². The average molecular weight is 320 g/mol. The van der Waals surface area contributed by atoms with Gasteiger partial charge in [-0.15, -0.1) is 5.10 Å². The number of nitro groups is 1. The maximum Gasteiger partial charge on any atom is 0.344 e. The van der Waals surface area contributed by atoms with Crippen LogP contribution < -0.4 is 0 Å². The third-order valence-corrected chi connectivity index (χ3v) is 4.50. The first kappa shape index (κ1) is 13.6. The van der Waals surface area contributed by atoms with Crippen molar-refractivity contribution < 1.29 is 4.92 Å². The smallest absolute Gasteiger partial charge is 0.257 e. The van der Waals surface area contributed by atoms with Gasteiger partial charge in [0.05, 0.1) is 11.5 Å².